The number of aromatic amines is 2. The summed E-state index contributed by atoms with van der Waals surface area (Å²) in [6.45, 7) is 7.01. The van der Waals surface area contributed by atoms with Gasteiger partial charge in [0.05, 0.1) is 49.1 Å². The number of carbonyl (C=O) groups is 8. The molecule has 1 aliphatic rings. The van der Waals surface area contributed by atoms with Crippen molar-refractivity contribution in [3.05, 3.63) is 72.3 Å². The number of hydrogen-bond donors (Lipinski definition) is 12. The van der Waals surface area contributed by atoms with Crippen molar-refractivity contribution in [1.82, 2.24) is 46.5 Å². The van der Waals surface area contributed by atoms with Gasteiger partial charge in [-0.1, -0.05) is 58.0 Å². The fourth-order valence-electron chi connectivity index (χ4n) is 6.46. The number of imidazole rings is 2. The van der Waals surface area contributed by atoms with E-state index >= 15 is 0 Å². The van der Waals surface area contributed by atoms with Crippen molar-refractivity contribution < 1.29 is 70.7 Å². The van der Waals surface area contributed by atoms with Crippen molar-refractivity contribution in [2.45, 2.75) is 115 Å². The summed E-state index contributed by atoms with van der Waals surface area (Å²) in [4.78, 5) is 120. The van der Waals surface area contributed by atoms with Crippen LogP contribution in [0.25, 0.3) is 0 Å². The Bertz CT molecular complexity index is 2160. The quantitative estimate of drug-likeness (QED) is 0.0251. The number of nitrogens with one attached hydrogen (secondary N) is 7. The third kappa shape index (κ3) is 23.8. The molecule has 27 heteroatoms. The molecule has 16 N–H and O–H groups in total. The van der Waals surface area contributed by atoms with E-state index in [0.29, 0.717) is 36.5 Å². The van der Waals surface area contributed by atoms with Crippen LogP contribution in [0.15, 0.2) is 65.4 Å². The molecule has 26 nitrogen and oxygen atoms in total. The van der Waals surface area contributed by atoms with E-state index in [1.54, 1.807) is 70.4 Å². The molecule has 1 aromatic carbocycles. The Morgan fingerprint density at radius 2 is 1.17 bits per heavy atom. The van der Waals surface area contributed by atoms with Crippen LogP contribution < -0.4 is 59.7 Å². The van der Waals surface area contributed by atoms with Gasteiger partial charge in [0.1, 0.15) is 36.5 Å². The molecule has 0 fully saturated rings. The third-order valence-corrected chi connectivity index (χ3v) is 10.4. The molecule has 5 amide bonds. The first-order valence-electron chi connectivity index (χ1n) is 22.8. The Hall–Kier alpha value is -6.90. The van der Waals surface area contributed by atoms with E-state index in [-0.39, 0.29) is 62.3 Å². The molecule has 1 radical (unpaired) electrons. The van der Waals surface area contributed by atoms with E-state index in [0.717, 1.165) is 5.56 Å². The molecule has 72 heavy (non-hydrogen) atoms. The molecule has 2 aromatic heterocycles. The van der Waals surface area contributed by atoms with E-state index in [9.17, 15) is 53.7 Å². The summed E-state index contributed by atoms with van der Waals surface area (Å²) in [5, 5.41) is 43.2. The average molecular weight is 1060 g/mol. The number of amides is 5. The van der Waals surface area contributed by atoms with Crippen LogP contribution in [0.3, 0.4) is 0 Å². The van der Waals surface area contributed by atoms with Crippen LogP contribution >= 0.6 is 0 Å². The zero-order chi connectivity index (χ0) is 53.0. The number of carboxylic acid groups (broad SMARTS) is 3. The molecule has 399 valence electrons. The average Bonchev–Trinajstić information content (AvgIpc) is 4.15. The van der Waals surface area contributed by atoms with Crippen molar-refractivity contribution in [2.75, 3.05) is 19.6 Å². The fraction of sp³-hybridized carbons (Fsp3) is 0.511. The van der Waals surface area contributed by atoms with Gasteiger partial charge in [-0.25, -0.2) is 19.8 Å². The zero-order valence-corrected chi connectivity index (χ0v) is 41.4. The fourth-order valence-corrected chi connectivity index (χ4v) is 6.46. The maximum absolute atomic E-state index is 13.7. The van der Waals surface area contributed by atoms with Gasteiger partial charge in [0.15, 0.2) is 0 Å². The first kappa shape index (κ1) is 63.1. The number of carboxylic acids is 3. The molecule has 0 aliphatic carbocycles. The molecule has 0 spiro atoms. The molecule has 0 bridgehead atoms. The minimum atomic E-state index is -1.26. The van der Waals surface area contributed by atoms with Crippen molar-refractivity contribution in [1.29, 1.82) is 0 Å². The van der Waals surface area contributed by atoms with Crippen LogP contribution in [-0.2, 0) is 74.7 Å². The Balaban J connectivity index is 0.000000912. The zero-order valence-electron chi connectivity index (χ0n) is 40.5. The predicted molar refractivity (Wildman–Crippen MR) is 255 cm³/mol. The number of unbranched alkanes of at least 4 members (excludes halogenated alkanes) is 1. The van der Waals surface area contributed by atoms with Gasteiger partial charge in [-0.2, -0.15) is 0 Å². The summed E-state index contributed by atoms with van der Waals surface area (Å²) in [7, 11) is 0. The normalized spacial score (nSPS) is 14.4. The van der Waals surface area contributed by atoms with Crippen LogP contribution in [0, 0.1) is 11.8 Å². The number of aromatic nitrogens is 4. The SMILES string of the molecule is CC(C)[C@H](NC(=O)[C@H](Cc1ccccc1)NC(=O)[C@@H](NC(=O)[C@H](CCCCN)NC(=O)[C@H](CC1=NC=NC1)NC(=O)CN)C(C)C)C(=O)O.N[C@@H](Cc1c[nH]cn1)C(=O)[O-].N[C@@H](Cc1c[nH]cn1)C(=O)[O-].[Cu+2]. The summed E-state index contributed by atoms with van der Waals surface area (Å²) in [5.74, 6) is -7.84. The van der Waals surface area contributed by atoms with Gasteiger partial charge in [-0.3, -0.25) is 29.0 Å². The van der Waals surface area contributed by atoms with Crippen molar-refractivity contribution >= 4 is 59.5 Å². The van der Waals surface area contributed by atoms with Gasteiger partial charge in [0.2, 0.25) is 29.5 Å². The van der Waals surface area contributed by atoms with Gasteiger partial charge >= 0.3 is 23.0 Å². The maximum Gasteiger partial charge on any atom is 2.00 e. The van der Waals surface area contributed by atoms with Crippen LogP contribution in [0.4, 0.5) is 0 Å². The number of rotatable bonds is 27. The Morgan fingerprint density at radius 3 is 1.61 bits per heavy atom. The summed E-state index contributed by atoms with van der Waals surface area (Å²) >= 11 is 0. The Labute approximate surface area is 427 Å². The third-order valence-electron chi connectivity index (χ3n) is 10.4. The summed E-state index contributed by atoms with van der Waals surface area (Å²) in [6, 6.07) is 1.29. The number of H-pyrrole nitrogens is 2. The number of aliphatic imine (C=N–C) groups is 2. The monoisotopic (exact) mass is 1060 g/mol. The topological polar surface area (TPSA) is 449 Å². The number of aliphatic carboxylic acids is 3. The standard InChI is InChI=1S/C33H51N9O7.2C6H9N3O2.Cu/c1-19(2)27(32(47)40-24(14-21-10-6-5-7-11-21)31(46)42-28(20(3)4)33(48)49)41-29(44)23(12-8-9-13-34)39-30(45)25(38-26(43)16-35)15-22-17-36-18-37-22;2*7-5(6(10)11)1-4-2-8-3-9-4;/h5-7,10-11,18-20,23-25,27-28H,8-9,12-17,34-35H2,1-4H3,(H,38,43)(H,39,45)(H,40,47)(H,41,44)(H,42,46)(H,48,49);2*2-3,5H,1,7H2,(H,8,9)(H,10,11);/q;;;+2/p-2/t23-,24-,25-,27-,28-;2*5-;/m000./s1. The van der Waals surface area contributed by atoms with E-state index in [1.807, 2.05) is 0 Å². The molecule has 7 atom stereocenters. The maximum atomic E-state index is 13.7. The first-order valence-corrected chi connectivity index (χ1v) is 22.8. The molecule has 0 saturated heterocycles. The van der Waals surface area contributed by atoms with Gasteiger partial charge in [0.25, 0.3) is 0 Å². The van der Waals surface area contributed by atoms with Gasteiger partial charge in [-0.05, 0) is 43.2 Å². The molecule has 4 rings (SSSR count). The second-order valence-corrected chi connectivity index (χ2v) is 17.0. The van der Waals surface area contributed by atoms with E-state index in [1.165, 1.54) is 19.0 Å². The van der Waals surface area contributed by atoms with Gasteiger partial charge in [0, 0.05) is 55.9 Å². The number of carbonyl (C=O) groups excluding carboxylic acids is 7. The molecule has 0 saturated carbocycles. The summed E-state index contributed by atoms with van der Waals surface area (Å²) in [5.41, 5.74) is 24.0. The molecule has 3 heterocycles. The van der Waals surface area contributed by atoms with Gasteiger partial charge in [-0.15, -0.1) is 0 Å². The van der Waals surface area contributed by atoms with Crippen LogP contribution in [0.2, 0.25) is 0 Å². The van der Waals surface area contributed by atoms with E-state index in [2.05, 4.69) is 56.5 Å². The van der Waals surface area contributed by atoms with Crippen LogP contribution in [0.5, 0.6) is 0 Å². The second kappa shape index (κ2) is 33.6. The molecule has 0 unspecified atom stereocenters. The minimum absolute atomic E-state index is 0. The van der Waals surface area contributed by atoms with Crippen molar-refractivity contribution in [3.8, 4) is 0 Å². The second-order valence-electron chi connectivity index (χ2n) is 17.0. The molecule has 1 aliphatic heterocycles. The summed E-state index contributed by atoms with van der Waals surface area (Å²) < 4.78 is 0. The Morgan fingerprint density at radius 1 is 0.667 bits per heavy atom. The minimum Gasteiger partial charge on any atom is -0.548 e. The number of hydrogen-bond acceptors (Lipinski definition) is 18. The van der Waals surface area contributed by atoms with Crippen LogP contribution in [0.1, 0.15) is 70.3 Å². The Kier molecular flexibility index (Phi) is 29.5. The van der Waals surface area contributed by atoms with Crippen LogP contribution in [-0.4, -0.2) is 146 Å². The van der Waals surface area contributed by atoms with Crippen molar-refractivity contribution in [3.63, 3.8) is 0 Å². The predicted octanol–water partition coefficient (Wildman–Crippen LogP) is -4.93. The largest absolute Gasteiger partial charge is 2.00 e. The van der Waals surface area contributed by atoms with Gasteiger partial charge < -0.3 is 84.4 Å². The summed E-state index contributed by atoms with van der Waals surface area (Å²) in [6.07, 6.45) is 9.25. The van der Waals surface area contributed by atoms with Crippen molar-refractivity contribution in [2.24, 2.45) is 44.8 Å². The molecular formula is C45H67CuN15O11. The molecular weight excluding hydrogens is 990 g/mol. The number of nitrogens with zero attached hydrogens (tertiary/aromatic N) is 4. The molecule has 3 aromatic rings. The first-order chi connectivity index (χ1) is 33.7. The van der Waals surface area contributed by atoms with E-state index < -0.39 is 102 Å². The van der Waals surface area contributed by atoms with E-state index in [4.69, 9.17) is 22.9 Å². The number of benzene rings is 1. The number of nitrogens with two attached hydrogens (primary N) is 4. The smallest absolute Gasteiger partial charge is 0.548 e.